The van der Waals surface area contributed by atoms with Crippen molar-refractivity contribution >= 4 is 0 Å². The second kappa shape index (κ2) is 4.00. The van der Waals surface area contributed by atoms with Crippen LogP contribution in [-0.4, -0.2) is 17.2 Å². The Morgan fingerprint density at radius 1 is 1.07 bits per heavy atom. The highest BCUT2D eigenvalue weighted by atomic mass is 16.5. The molecule has 1 aromatic carbocycles. The maximum atomic E-state index is 9.29. The summed E-state index contributed by atoms with van der Waals surface area (Å²) in [6, 6.07) is 9.28. The van der Waals surface area contributed by atoms with E-state index in [1.807, 2.05) is 24.3 Å². The van der Waals surface area contributed by atoms with Gasteiger partial charge in [-0.25, -0.2) is 0 Å². The first-order chi connectivity index (χ1) is 7.29. The minimum absolute atomic E-state index is 0.170. The Hall–Kier alpha value is -2.03. The van der Waals surface area contributed by atoms with E-state index in [9.17, 15) is 5.11 Å². The lowest BCUT2D eigenvalue weighted by Gasteiger charge is -2.03. The molecule has 0 bridgehead atoms. The molecule has 1 heterocycles. The van der Waals surface area contributed by atoms with Crippen molar-refractivity contribution in [1.29, 1.82) is 0 Å². The number of hydrogen-bond acceptors (Lipinski definition) is 3. The number of aromatic nitrogens is 1. The molecule has 0 spiro atoms. The van der Waals surface area contributed by atoms with Crippen LogP contribution < -0.4 is 4.74 Å². The molecule has 0 amide bonds. The molecule has 2 rings (SSSR count). The molecule has 1 aromatic heterocycles. The van der Waals surface area contributed by atoms with Gasteiger partial charge in [-0.15, -0.1) is 0 Å². The highest BCUT2D eigenvalue weighted by molar-refractivity contribution is 5.64. The lowest BCUT2D eigenvalue weighted by Crippen LogP contribution is -1.83. The van der Waals surface area contributed by atoms with E-state index in [-0.39, 0.29) is 5.75 Å². The average Bonchev–Trinajstić information content (AvgIpc) is 2.29. The number of methoxy groups -OCH3 is 1. The number of nitrogens with zero attached hydrogens (tertiary/aromatic N) is 1. The predicted molar refractivity (Wildman–Crippen MR) is 57.9 cm³/mol. The largest absolute Gasteiger partial charge is 0.506 e. The predicted octanol–water partition coefficient (Wildman–Crippen LogP) is 2.46. The van der Waals surface area contributed by atoms with Crippen molar-refractivity contribution < 1.29 is 9.84 Å². The van der Waals surface area contributed by atoms with Crippen LogP contribution in [-0.2, 0) is 0 Å². The van der Waals surface area contributed by atoms with Crippen molar-refractivity contribution in [2.45, 2.75) is 0 Å². The van der Waals surface area contributed by atoms with Crippen LogP contribution in [0.5, 0.6) is 11.5 Å². The summed E-state index contributed by atoms with van der Waals surface area (Å²) in [5.41, 5.74) is 1.89. The van der Waals surface area contributed by atoms with Gasteiger partial charge in [0.1, 0.15) is 11.5 Å². The van der Waals surface area contributed by atoms with Crippen molar-refractivity contribution in [1.82, 2.24) is 4.98 Å². The molecule has 0 atom stereocenters. The third-order valence-electron chi connectivity index (χ3n) is 2.15. The third-order valence-corrected chi connectivity index (χ3v) is 2.15. The highest BCUT2D eigenvalue weighted by Crippen LogP contribution is 2.23. The number of ether oxygens (including phenoxy) is 1. The first kappa shape index (κ1) is 9.52. The van der Waals surface area contributed by atoms with E-state index in [1.165, 1.54) is 6.20 Å². The van der Waals surface area contributed by atoms with Gasteiger partial charge < -0.3 is 9.84 Å². The molecule has 3 nitrogen and oxygen atoms in total. The second-order valence-electron chi connectivity index (χ2n) is 3.16. The summed E-state index contributed by atoms with van der Waals surface area (Å²) in [4.78, 5) is 3.92. The van der Waals surface area contributed by atoms with E-state index < -0.39 is 0 Å². The summed E-state index contributed by atoms with van der Waals surface area (Å²) < 4.78 is 5.06. The summed E-state index contributed by atoms with van der Waals surface area (Å²) in [6.07, 6.45) is 3.12. The maximum Gasteiger partial charge on any atom is 0.134 e. The molecule has 15 heavy (non-hydrogen) atoms. The van der Waals surface area contributed by atoms with E-state index >= 15 is 0 Å². The zero-order valence-corrected chi connectivity index (χ0v) is 8.34. The number of hydrogen-bond donors (Lipinski definition) is 1. The molecule has 0 fully saturated rings. The van der Waals surface area contributed by atoms with Crippen molar-refractivity contribution in [2.75, 3.05) is 7.11 Å². The molecule has 1 N–H and O–H groups in total. The number of pyridine rings is 1. The van der Waals surface area contributed by atoms with E-state index in [0.717, 1.165) is 16.9 Å². The Labute approximate surface area is 88.0 Å². The smallest absolute Gasteiger partial charge is 0.134 e. The van der Waals surface area contributed by atoms with Gasteiger partial charge in [0.15, 0.2) is 0 Å². The lowest BCUT2D eigenvalue weighted by molar-refractivity contribution is 0.415. The molecule has 0 aliphatic heterocycles. The Kier molecular flexibility index (Phi) is 2.54. The van der Waals surface area contributed by atoms with E-state index in [1.54, 1.807) is 19.4 Å². The number of benzene rings is 1. The zero-order chi connectivity index (χ0) is 10.7. The number of aromatic hydroxyl groups is 1. The Bertz CT molecular complexity index is 451. The van der Waals surface area contributed by atoms with Gasteiger partial charge in [0.25, 0.3) is 0 Å². The Morgan fingerprint density at radius 3 is 2.40 bits per heavy atom. The highest BCUT2D eigenvalue weighted by Gasteiger charge is 1.99. The van der Waals surface area contributed by atoms with Crippen LogP contribution in [0.25, 0.3) is 11.1 Å². The maximum absolute atomic E-state index is 9.29. The van der Waals surface area contributed by atoms with Crippen LogP contribution in [0.3, 0.4) is 0 Å². The fourth-order valence-corrected chi connectivity index (χ4v) is 1.37. The van der Waals surface area contributed by atoms with Gasteiger partial charge in [0.2, 0.25) is 0 Å². The molecule has 76 valence electrons. The average molecular weight is 201 g/mol. The van der Waals surface area contributed by atoms with E-state index in [4.69, 9.17) is 4.74 Å². The van der Waals surface area contributed by atoms with Gasteiger partial charge >= 0.3 is 0 Å². The topological polar surface area (TPSA) is 42.4 Å². The summed E-state index contributed by atoms with van der Waals surface area (Å²) in [5.74, 6) is 0.982. The second-order valence-corrected chi connectivity index (χ2v) is 3.16. The van der Waals surface area contributed by atoms with Crippen LogP contribution in [0.4, 0.5) is 0 Å². The molecule has 0 radical (unpaired) electrons. The van der Waals surface area contributed by atoms with Crippen LogP contribution in [0.1, 0.15) is 0 Å². The molecule has 0 unspecified atom stereocenters. The minimum Gasteiger partial charge on any atom is -0.506 e. The van der Waals surface area contributed by atoms with Crippen LogP contribution in [0.2, 0.25) is 0 Å². The first-order valence-electron chi connectivity index (χ1n) is 4.58. The van der Waals surface area contributed by atoms with Crippen LogP contribution in [0, 0.1) is 0 Å². The van der Waals surface area contributed by atoms with Gasteiger partial charge in [0, 0.05) is 11.8 Å². The Morgan fingerprint density at radius 2 is 1.80 bits per heavy atom. The van der Waals surface area contributed by atoms with Gasteiger partial charge in [0.05, 0.1) is 13.3 Å². The molecular formula is C12H11NO2. The molecule has 0 aliphatic carbocycles. The number of rotatable bonds is 2. The first-order valence-corrected chi connectivity index (χ1v) is 4.58. The van der Waals surface area contributed by atoms with Gasteiger partial charge in [-0.3, -0.25) is 4.98 Å². The Balaban J connectivity index is 2.37. The summed E-state index contributed by atoms with van der Waals surface area (Å²) in [5, 5.41) is 9.29. The van der Waals surface area contributed by atoms with Gasteiger partial charge in [-0.2, -0.15) is 0 Å². The molecular weight excluding hydrogens is 190 g/mol. The van der Waals surface area contributed by atoms with Crippen molar-refractivity contribution in [3.05, 3.63) is 42.7 Å². The standard InChI is InChI=1S/C12H11NO2/c1-15-12-4-2-9(3-5-12)10-6-11(14)8-13-7-10/h2-8,14H,1H3. The fraction of sp³-hybridized carbons (Fsp3) is 0.0833. The van der Waals surface area contributed by atoms with E-state index in [0.29, 0.717) is 0 Å². The van der Waals surface area contributed by atoms with Crippen molar-refractivity contribution in [2.24, 2.45) is 0 Å². The summed E-state index contributed by atoms with van der Waals surface area (Å²) >= 11 is 0. The normalized spacial score (nSPS) is 9.93. The molecule has 2 aromatic rings. The quantitative estimate of drug-likeness (QED) is 0.811. The van der Waals surface area contributed by atoms with Crippen LogP contribution in [0.15, 0.2) is 42.7 Å². The SMILES string of the molecule is COc1ccc(-c2cncc(O)c2)cc1. The van der Waals surface area contributed by atoms with Crippen molar-refractivity contribution in [3.63, 3.8) is 0 Å². The fourth-order valence-electron chi connectivity index (χ4n) is 1.37. The third kappa shape index (κ3) is 2.07. The summed E-state index contributed by atoms with van der Waals surface area (Å²) in [6.45, 7) is 0. The van der Waals surface area contributed by atoms with Crippen molar-refractivity contribution in [3.8, 4) is 22.6 Å². The molecule has 0 saturated carbocycles. The van der Waals surface area contributed by atoms with E-state index in [2.05, 4.69) is 4.98 Å². The molecule has 0 aliphatic rings. The van der Waals surface area contributed by atoms with Gasteiger partial charge in [-0.05, 0) is 23.8 Å². The monoisotopic (exact) mass is 201 g/mol. The molecule has 3 heteroatoms. The molecule has 0 saturated heterocycles. The van der Waals surface area contributed by atoms with Gasteiger partial charge in [-0.1, -0.05) is 12.1 Å². The minimum atomic E-state index is 0.170. The lowest BCUT2D eigenvalue weighted by atomic mass is 10.1. The van der Waals surface area contributed by atoms with Crippen LogP contribution >= 0.6 is 0 Å². The zero-order valence-electron chi connectivity index (χ0n) is 8.34. The summed E-state index contributed by atoms with van der Waals surface area (Å²) in [7, 11) is 1.63.